The van der Waals surface area contributed by atoms with Crippen LogP contribution in [-0.2, 0) is 4.79 Å². The second-order valence-corrected chi connectivity index (χ2v) is 7.77. The number of esters is 1. The van der Waals surface area contributed by atoms with Crippen LogP contribution in [0.5, 0.6) is 11.5 Å². The van der Waals surface area contributed by atoms with Crippen LogP contribution in [0.1, 0.15) is 15.9 Å². The number of benzene rings is 3. The van der Waals surface area contributed by atoms with E-state index in [-0.39, 0.29) is 28.7 Å². The van der Waals surface area contributed by atoms with Crippen LogP contribution < -0.4 is 14.9 Å². The Kier molecular flexibility index (Phi) is 7.19. The first-order valence-corrected chi connectivity index (χ1v) is 11.0. The minimum absolute atomic E-state index is 0.0719. The topological polar surface area (TPSA) is 103 Å². The highest BCUT2D eigenvalue weighted by Crippen LogP contribution is 2.28. The highest BCUT2D eigenvalue weighted by molar-refractivity contribution is 7.99. The van der Waals surface area contributed by atoms with E-state index in [1.54, 1.807) is 18.2 Å². The number of nitrogens with one attached hydrogen (secondary N) is 1. The van der Waals surface area contributed by atoms with Crippen molar-refractivity contribution in [1.82, 2.24) is 10.4 Å². The molecule has 1 amide bonds. The van der Waals surface area contributed by atoms with Gasteiger partial charge in [-0.25, -0.2) is 19.6 Å². The largest absolute Gasteiger partial charge is 0.493 e. The van der Waals surface area contributed by atoms with Crippen molar-refractivity contribution in [2.45, 2.75) is 5.22 Å². The maximum absolute atomic E-state index is 13.3. The number of amides is 1. The highest BCUT2D eigenvalue weighted by Gasteiger charge is 2.13. The Morgan fingerprint density at radius 1 is 1.12 bits per heavy atom. The first kappa shape index (κ1) is 23.0. The lowest BCUT2D eigenvalue weighted by atomic mass is 10.2. The Labute approximate surface area is 197 Å². The minimum Gasteiger partial charge on any atom is -0.493 e. The Hall–Kier alpha value is -4.18. The van der Waals surface area contributed by atoms with Gasteiger partial charge in [0.1, 0.15) is 11.3 Å². The summed E-state index contributed by atoms with van der Waals surface area (Å²) in [5.41, 5.74) is 4.47. The molecular formula is C24H18FN3O5S. The number of fused-ring (bicyclic) bond motifs is 1. The van der Waals surface area contributed by atoms with E-state index < -0.39 is 11.8 Å². The summed E-state index contributed by atoms with van der Waals surface area (Å²) in [6.45, 7) is 0. The summed E-state index contributed by atoms with van der Waals surface area (Å²) in [6.07, 6.45) is 1.42. The Balaban J connectivity index is 1.32. The lowest BCUT2D eigenvalue weighted by molar-refractivity contribution is -0.118. The number of rotatable bonds is 8. The molecule has 0 unspecified atom stereocenters. The van der Waals surface area contributed by atoms with Crippen molar-refractivity contribution in [2.75, 3.05) is 12.9 Å². The number of thioether (sulfide) groups is 1. The highest BCUT2D eigenvalue weighted by atomic mass is 32.2. The second kappa shape index (κ2) is 10.6. The molecular weight excluding hydrogens is 461 g/mol. The predicted octanol–water partition coefficient (Wildman–Crippen LogP) is 4.44. The van der Waals surface area contributed by atoms with Gasteiger partial charge in [-0.3, -0.25) is 4.79 Å². The van der Waals surface area contributed by atoms with Crippen molar-refractivity contribution in [3.05, 3.63) is 83.7 Å². The molecule has 0 radical (unpaired) electrons. The summed E-state index contributed by atoms with van der Waals surface area (Å²) < 4.78 is 29.5. The Morgan fingerprint density at radius 2 is 1.97 bits per heavy atom. The minimum atomic E-state index is -0.720. The first-order chi connectivity index (χ1) is 16.5. The number of hydrogen-bond acceptors (Lipinski definition) is 8. The van der Waals surface area contributed by atoms with Gasteiger partial charge < -0.3 is 13.9 Å². The number of hydrogen-bond donors (Lipinski definition) is 1. The van der Waals surface area contributed by atoms with Crippen LogP contribution in [0.25, 0.3) is 11.1 Å². The number of aromatic nitrogens is 1. The summed E-state index contributed by atoms with van der Waals surface area (Å²) in [6, 6.07) is 17.2. The maximum atomic E-state index is 13.3. The van der Waals surface area contributed by atoms with E-state index in [9.17, 15) is 14.0 Å². The average Bonchev–Trinajstić information content (AvgIpc) is 3.26. The van der Waals surface area contributed by atoms with Gasteiger partial charge in [0.15, 0.2) is 17.1 Å². The molecule has 0 bridgehead atoms. The number of hydrazone groups is 1. The Bertz CT molecular complexity index is 1340. The number of ether oxygens (including phenoxy) is 2. The molecule has 0 aliphatic carbocycles. The smallest absolute Gasteiger partial charge is 0.343 e. The van der Waals surface area contributed by atoms with Crippen LogP contribution in [-0.4, -0.2) is 35.9 Å². The van der Waals surface area contributed by atoms with Crippen LogP contribution in [0.3, 0.4) is 0 Å². The molecule has 0 atom stereocenters. The third-order valence-corrected chi connectivity index (χ3v) is 5.28. The summed E-state index contributed by atoms with van der Waals surface area (Å²) in [5.74, 6) is -1.09. The van der Waals surface area contributed by atoms with Crippen molar-refractivity contribution in [1.29, 1.82) is 0 Å². The zero-order chi connectivity index (χ0) is 23.9. The van der Waals surface area contributed by atoms with Gasteiger partial charge in [0.25, 0.3) is 11.1 Å². The normalized spacial score (nSPS) is 11.0. The maximum Gasteiger partial charge on any atom is 0.343 e. The predicted molar refractivity (Wildman–Crippen MR) is 125 cm³/mol. The van der Waals surface area contributed by atoms with Crippen molar-refractivity contribution in [3.8, 4) is 11.5 Å². The van der Waals surface area contributed by atoms with E-state index in [1.165, 1.54) is 37.6 Å². The summed E-state index contributed by atoms with van der Waals surface area (Å²) in [5, 5.41) is 4.32. The molecule has 4 aromatic rings. The van der Waals surface area contributed by atoms with Crippen molar-refractivity contribution < 1.29 is 27.9 Å². The molecule has 0 aliphatic heterocycles. The van der Waals surface area contributed by atoms with Crippen LogP contribution >= 0.6 is 11.8 Å². The molecule has 0 aliphatic rings. The van der Waals surface area contributed by atoms with Gasteiger partial charge in [-0.2, -0.15) is 5.10 Å². The van der Waals surface area contributed by atoms with Crippen LogP contribution in [0, 0.1) is 5.82 Å². The van der Waals surface area contributed by atoms with Gasteiger partial charge in [-0.05, 0) is 54.1 Å². The monoisotopic (exact) mass is 479 g/mol. The van der Waals surface area contributed by atoms with Gasteiger partial charge in [-0.1, -0.05) is 30.0 Å². The molecule has 1 aromatic heterocycles. The third kappa shape index (κ3) is 5.78. The number of halogens is 1. The van der Waals surface area contributed by atoms with E-state index >= 15 is 0 Å². The van der Waals surface area contributed by atoms with Crippen LogP contribution in [0.15, 0.2) is 81.5 Å². The molecule has 4 rings (SSSR count). The molecule has 10 heteroatoms. The van der Waals surface area contributed by atoms with Gasteiger partial charge in [0, 0.05) is 0 Å². The first-order valence-electron chi connectivity index (χ1n) is 9.98. The fourth-order valence-electron chi connectivity index (χ4n) is 2.87. The van der Waals surface area contributed by atoms with Crippen molar-refractivity contribution >= 4 is 41.0 Å². The van der Waals surface area contributed by atoms with Crippen molar-refractivity contribution in [3.63, 3.8) is 0 Å². The fourth-order valence-corrected chi connectivity index (χ4v) is 3.50. The van der Waals surface area contributed by atoms with E-state index in [2.05, 4.69) is 15.5 Å². The summed E-state index contributed by atoms with van der Waals surface area (Å²) in [7, 11) is 1.42. The van der Waals surface area contributed by atoms with Gasteiger partial charge in [0.05, 0.1) is 24.6 Å². The van der Waals surface area contributed by atoms with E-state index in [0.29, 0.717) is 16.4 Å². The molecule has 8 nitrogen and oxygen atoms in total. The molecule has 34 heavy (non-hydrogen) atoms. The number of nitrogens with zero attached hydrogens (tertiary/aromatic N) is 2. The number of carbonyl (C=O) groups is 2. The lowest BCUT2D eigenvalue weighted by Crippen LogP contribution is -2.19. The van der Waals surface area contributed by atoms with Gasteiger partial charge in [-0.15, -0.1) is 0 Å². The molecule has 0 saturated carbocycles. The van der Waals surface area contributed by atoms with E-state index in [4.69, 9.17) is 13.9 Å². The number of oxazole rings is 1. The number of methoxy groups -OCH3 is 1. The molecule has 1 N–H and O–H groups in total. The third-order valence-electron chi connectivity index (χ3n) is 4.45. The molecule has 0 saturated heterocycles. The van der Waals surface area contributed by atoms with Crippen molar-refractivity contribution in [2.24, 2.45) is 5.10 Å². The molecule has 172 valence electrons. The summed E-state index contributed by atoms with van der Waals surface area (Å²) >= 11 is 1.16. The van der Waals surface area contributed by atoms with E-state index in [0.717, 1.165) is 23.3 Å². The molecule has 0 spiro atoms. The number of carbonyl (C=O) groups excluding carboxylic acids is 2. The molecule has 1 heterocycles. The van der Waals surface area contributed by atoms with E-state index in [1.807, 2.05) is 18.2 Å². The lowest BCUT2D eigenvalue weighted by Gasteiger charge is -2.10. The Morgan fingerprint density at radius 3 is 2.76 bits per heavy atom. The second-order valence-electron chi connectivity index (χ2n) is 6.84. The number of para-hydroxylation sites is 2. The SMILES string of the molecule is COc1cc(C=NNC(=O)CSc2nc3ccccc3o2)ccc1OC(=O)c1cccc(F)c1. The molecule has 0 fully saturated rings. The zero-order valence-electron chi connectivity index (χ0n) is 17.9. The quantitative estimate of drug-likeness (QED) is 0.131. The summed E-state index contributed by atoms with van der Waals surface area (Å²) in [4.78, 5) is 28.6. The zero-order valence-corrected chi connectivity index (χ0v) is 18.7. The van der Waals surface area contributed by atoms with Crippen LogP contribution in [0.2, 0.25) is 0 Å². The fraction of sp³-hybridized carbons (Fsp3) is 0.0833. The molecule has 3 aromatic carbocycles. The van der Waals surface area contributed by atoms with Gasteiger partial charge in [0.2, 0.25) is 0 Å². The standard InChI is InChI=1S/C24H18FN3O5S/c1-31-21-11-15(9-10-20(21)32-23(30)16-5-4-6-17(25)12-16)13-26-28-22(29)14-34-24-27-18-7-2-3-8-19(18)33-24/h2-13H,14H2,1H3,(H,28,29). The van der Waals surface area contributed by atoms with Gasteiger partial charge >= 0.3 is 5.97 Å². The van der Waals surface area contributed by atoms with Crippen LogP contribution in [0.4, 0.5) is 4.39 Å². The average molecular weight is 479 g/mol.